The lowest BCUT2D eigenvalue weighted by molar-refractivity contribution is -0.119. The molecule has 1 nitrogen and oxygen atoms in total. The zero-order valence-corrected chi connectivity index (χ0v) is 11.7. The molecule has 3 atom stereocenters. The molecule has 0 amide bonds. The summed E-state index contributed by atoms with van der Waals surface area (Å²) in [7, 11) is 0. The molecule has 0 bridgehead atoms. The van der Waals surface area contributed by atoms with Gasteiger partial charge in [0.05, 0.1) is 0 Å². The molecule has 0 spiro atoms. The highest BCUT2D eigenvalue weighted by Gasteiger charge is 2.53. The van der Waals surface area contributed by atoms with Crippen LogP contribution in [0.3, 0.4) is 0 Å². The summed E-state index contributed by atoms with van der Waals surface area (Å²) in [6.07, 6.45) is 10.5. The van der Waals surface area contributed by atoms with Gasteiger partial charge in [-0.1, -0.05) is 32.1 Å². The Bertz CT molecular complexity index is 450. The second kappa shape index (κ2) is 3.82. The predicted molar refractivity (Wildman–Crippen MR) is 76.4 cm³/mol. The fraction of sp³-hybridized carbons (Fsp3) is 0.706. The Hall–Kier alpha value is -0.850. The van der Waals surface area contributed by atoms with E-state index in [0.29, 0.717) is 23.5 Å². The number of ketones is 1. The second-order valence-corrected chi connectivity index (χ2v) is 7.03. The van der Waals surface area contributed by atoms with E-state index in [4.69, 9.17) is 0 Å². The lowest BCUT2D eigenvalue weighted by Gasteiger charge is -2.56. The molecule has 3 rings (SSSR count). The standard InChI is InChI=1S/C17H24O.H2/c1-12-13-7-10-16(2)9-5-4-6-15(16)17(13,3)11-8-14(12)18;/h6,13H,1,4-5,7-11H2,2-3H3;1H/t13?,16-,17+;/m1./s1. The van der Waals surface area contributed by atoms with E-state index in [1.54, 1.807) is 5.57 Å². The molecule has 0 N–H and O–H groups in total. The zero-order chi connectivity index (χ0) is 13.0. The first-order chi connectivity index (χ1) is 8.47. The van der Waals surface area contributed by atoms with Gasteiger partial charge < -0.3 is 0 Å². The van der Waals surface area contributed by atoms with Gasteiger partial charge in [-0.2, -0.15) is 0 Å². The third-order valence-corrected chi connectivity index (χ3v) is 5.95. The van der Waals surface area contributed by atoms with Crippen molar-refractivity contribution in [1.29, 1.82) is 0 Å². The van der Waals surface area contributed by atoms with Crippen LogP contribution in [0.25, 0.3) is 0 Å². The molecule has 0 aromatic rings. The van der Waals surface area contributed by atoms with Gasteiger partial charge >= 0.3 is 0 Å². The van der Waals surface area contributed by atoms with E-state index in [9.17, 15) is 4.79 Å². The third kappa shape index (κ3) is 1.49. The fourth-order valence-electron chi connectivity index (χ4n) is 4.87. The van der Waals surface area contributed by atoms with E-state index >= 15 is 0 Å². The number of hydrogen-bond donors (Lipinski definition) is 0. The first-order valence-corrected chi connectivity index (χ1v) is 7.40. The van der Waals surface area contributed by atoms with Crippen molar-refractivity contribution in [3.63, 3.8) is 0 Å². The Labute approximate surface area is 112 Å². The van der Waals surface area contributed by atoms with Gasteiger partial charge in [0.1, 0.15) is 0 Å². The van der Waals surface area contributed by atoms with Crippen molar-refractivity contribution in [2.45, 2.75) is 58.8 Å². The van der Waals surface area contributed by atoms with Crippen molar-refractivity contribution in [2.75, 3.05) is 0 Å². The number of rotatable bonds is 0. The average Bonchev–Trinajstić information content (AvgIpc) is 2.34. The molecule has 1 unspecified atom stereocenters. The molecule has 18 heavy (non-hydrogen) atoms. The summed E-state index contributed by atoms with van der Waals surface area (Å²) in [4.78, 5) is 11.9. The zero-order valence-electron chi connectivity index (χ0n) is 11.7. The van der Waals surface area contributed by atoms with E-state index in [1.807, 2.05) is 0 Å². The van der Waals surface area contributed by atoms with Crippen molar-refractivity contribution in [3.8, 4) is 0 Å². The Morgan fingerprint density at radius 1 is 1.33 bits per heavy atom. The highest BCUT2D eigenvalue weighted by atomic mass is 16.1. The van der Waals surface area contributed by atoms with Crippen LogP contribution in [0.1, 0.15) is 60.2 Å². The van der Waals surface area contributed by atoms with Gasteiger partial charge in [-0.15, -0.1) is 0 Å². The Kier molecular flexibility index (Phi) is 2.59. The summed E-state index contributed by atoms with van der Waals surface area (Å²) in [6.45, 7) is 8.94. The number of carbonyl (C=O) groups excluding carboxylic acids is 1. The maximum absolute atomic E-state index is 11.9. The van der Waals surface area contributed by atoms with Gasteiger partial charge in [0, 0.05) is 7.85 Å². The summed E-state index contributed by atoms with van der Waals surface area (Å²) in [5.74, 6) is 0.730. The predicted octanol–water partition coefficient (Wildman–Crippen LogP) is 4.68. The van der Waals surface area contributed by atoms with E-state index in [1.165, 1.54) is 25.7 Å². The minimum atomic E-state index is 0. The van der Waals surface area contributed by atoms with Gasteiger partial charge in [0.25, 0.3) is 0 Å². The highest BCUT2D eigenvalue weighted by molar-refractivity contribution is 5.96. The first kappa shape index (κ1) is 12.2. The SMILES string of the molecule is C=C1C(=O)CC[C@]2(C)C3=CCCC[C@]3(C)CCC12.[HH]. The van der Waals surface area contributed by atoms with Crippen LogP contribution in [0.5, 0.6) is 0 Å². The van der Waals surface area contributed by atoms with Gasteiger partial charge in [-0.3, -0.25) is 4.79 Å². The lowest BCUT2D eigenvalue weighted by atomic mass is 9.48. The van der Waals surface area contributed by atoms with Gasteiger partial charge in [-0.25, -0.2) is 0 Å². The summed E-state index contributed by atoms with van der Waals surface area (Å²) >= 11 is 0. The number of fused-ring (bicyclic) bond motifs is 3. The topological polar surface area (TPSA) is 17.1 Å². The van der Waals surface area contributed by atoms with E-state index in [2.05, 4.69) is 26.5 Å². The summed E-state index contributed by atoms with van der Waals surface area (Å²) in [5.41, 5.74) is 3.20. The molecule has 3 aliphatic carbocycles. The molecular formula is C17H26O. The Balaban J connectivity index is 0.00000133. The molecule has 100 valence electrons. The largest absolute Gasteiger partial charge is 0.295 e. The molecule has 2 saturated carbocycles. The van der Waals surface area contributed by atoms with E-state index in [-0.39, 0.29) is 6.84 Å². The number of Topliss-reactive ketones (excluding diaryl/α,β-unsaturated/α-hetero) is 1. The van der Waals surface area contributed by atoms with Gasteiger partial charge in [0.2, 0.25) is 0 Å². The minimum absolute atomic E-state index is 0. The van der Waals surface area contributed by atoms with E-state index < -0.39 is 0 Å². The number of hydrogen-bond acceptors (Lipinski definition) is 1. The first-order valence-electron chi connectivity index (χ1n) is 7.40. The molecular weight excluding hydrogens is 220 g/mol. The van der Waals surface area contributed by atoms with Crippen molar-refractivity contribution in [3.05, 3.63) is 23.8 Å². The molecule has 1 heteroatoms. The van der Waals surface area contributed by atoms with Crippen molar-refractivity contribution >= 4 is 5.78 Å². The maximum Gasteiger partial charge on any atom is 0.158 e. The molecule has 0 saturated heterocycles. The van der Waals surface area contributed by atoms with Crippen LogP contribution >= 0.6 is 0 Å². The molecule has 0 aromatic carbocycles. The smallest absolute Gasteiger partial charge is 0.158 e. The third-order valence-electron chi connectivity index (χ3n) is 5.95. The van der Waals surface area contributed by atoms with Crippen molar-refractivity contribution < 1.29 is 6.22 Å². The second-order valence-electron chi connectivity index (χ2n) is 7.03. The molecule has 0 aliphatic heterocycles. The monoisotopic (exact) mass is 246 g/mol. The normalized spacial score (nSPS) is 44.1. The average molecular weight is 246 g/mol. The maximum atomic E-state index is 11.9. The molecule has 0 heterocycles. The number of allylic oxidation sites excluding steroid dienone is 3. The molecule has 0 aromatic heterocycles. The Morgan fingerprint density at radius 2 is 2.11 bits per heavy atom. The van der Waals surface area contributed by atoms with Crippen molar-refractivity contribution in [1.82, 2.24) is 0 Å². The Morgan fingerprint density at radius 3 is 2.89 bits per heavy atom. The molecule has 2 fully saturated rings. The van der Waals surface area contributed by atoms with Crippen LogP contribution in [-0.2, 0) is 4.79 Å². The van der Waals surface area contributed by atoms with Crippen LogP contribution in [-0.4, -0.2) is 5.78 Å². The van der Waals surface area contributed by atoms with Crippen LogP contribution in [0.2, 0.25) is 0 Å². The van der Waals surface area contributed by atoms with Gasteiger partial charge in [0.15, 0.2) is 5.78 Å². The van der Waals surface area contributed by atoms with Gasteiger partial charge in [-0.05, 0) is 60.8 Å². The van der Waals surface area contributed by atoms with Crippen LogP contribution in [0.4, 0.5) is 0 Å². The fourth-order valence-corrected chi connectivity index (χ4v) is 4.87. The van der Waals surface area contributed by atoms with Crippen LogP contribution in [0.15, 0.2) is 23.8 Å². The number of carbonyl (C=O) groups is 1. The lowest BCUT2D eigenvalue weighted by Crippen LogP contribution is -2.47. The quantitative estimate of drug-likeness (QED) is 0.448. The summed E-state index contributed by atoms with van der Waals surface area (Å²) in [5, 5.41) is 0. The summed E-state index contributed by atoms with van der Waals surface area (Å²) < 4.78 is 0. The van der Waals surface area contributed by atoms with Crippen LogP contribution < -0.4 is 0 Å². The highest BCUT2D eigenvalue weighted by Crippen LogP contribution is 2.62. The van der Waals surface area contributed by atoms with E-state index in [0.717, 1.165) is 18.4 Å². The molecule has 0 radical (unpaired) electrons. The summed E-state index contributed by atoms with van der Waals surface area (Å²) in [6, 6.07) is 0. The molecule has 3 aliphatic rings. The van der Waals surface area contributed by atoms with Crippen molar-refractivity contribution in [2.24, 2.45) is 16.7 Å². The van der Waals surface area contributed by atoms with Crippen LogP contribution in [0, 0.1) is 16.7 Å². The minimum Gasteiger partial charge on any atom is -0.295 e.